The van der Waals surface area contributed by atoms with Gasteiger partial charge in [-0.15, -0.1) is 0 Å². The van der Waals surface area contributed by atoms with Gasteiger partial charge in [0.1, 0.15) is 13.2 Å². The molecule has 1 rings (SSSR count). The molecular weight excluding hydrogens is 387 g/mol. The fraction of sp³-hybridized carbons (Fsp3) is 0.556. The van der Waals surface area contributed by atoms with Crippen LogP contribution in [0.1, 0.15) is 44.6 Å². The van der Waals surface area contributed by atoms with Gasteiger partial charge in [-0.25, -0.2) is 0 Å². The summed E-state index contributed by atoms with van der Waals surface area (Å²) in [5, 5.41) is 0. The largest absolute Gasteiger partial charge is 0.461 e. The molecule has 0 aliphatic rings. The van der Waals surface area contributed by atoms with Gasteiger partial charge >= 0.3 is 11.9 Å². The van der Waals surface area contributed by atoms with Crippen molar-refractivity contribution >= 4 is 46.7 Å². The van der Waals surface area contributed by atoms with Crippen LogP contribution in [-0.2, 0) is 25.7 Å². The van der Waals surface area contributed by atoms with Gasteiger partial charge in [0.15, 0.2) is 0 Å². The molecule has 0 aliphatic heterocycles. The van der Waals surface area contributed by atoms with Crippen LogP contribution in [0.2, 0.25) is 0 Å². The summed E-state index contributed by atoms with van der Waals surface area (Å²) in [7, 11) is 0. The minimum Gasteiger partial charge on any atom is -0.461 e. The van der Waals surface area contributed by atoms with E-state index in [2.05, 4.69) is 6.92 Å². The molecule has 0 fully saturated rings. The first kappa shape index (κ1) is 22.1. The van der Waals surface area contributed by atoms with Crippen LogP contribution in [0.3, 0.4) is 0 Å². The number of hydrogen-bond donors (Lipinski definition) is 0. The van der Waals surface area contributed by atoms with Crippen LogP contribution in [0.5, 0.6) is 0 Å². The van der Waals surface area contributed by atoms with E-state index in [4.69, 9.17) is 44.3 Å². The third-order valence-electron chi connectivity index (χ3n) is 3.52. The Labute approximate surface area is 163 Å². The number of alkyl halides is 3. The second-order valence-corrected chi connectivity index (χ2v) is 8.28. The molecule has 0 saturated carbocycles. The van der Waals surface area contributed by atoms with Gasteiger partial charge in [0.2, 0.25) is 3.79 Å². The highest BCUT2D eigenvalue weighted by molar-refractivity contribution is 6.67. The molecule has 0 unspecified atom stereocenters. The number of rotatable bonds is 10. The summed E-state index contributed by atoms with van der Waals surface area (Å²) in [5.74, 6) is -1.55. The van der Waals surface area contributed by atoms with E-state index >= 15 is 0 Å². The number of hydrogen-bond acceptors (Lipinski definition) is 4. The number of halogens is 3. The highest BCUT2D eigenvalue weighted by atomic mass is 35.6. The zero-order chi connectivity index (χ0) is 18.7. The Morgan fingerprint density at radius 1 is 1.08 bits per heavy atom. The molecule has 0 saturated heterocycles. The van der Waals surface area contributed by atoms with Crippen LogP contribution in [-0.4, -0.2) is 22.3 Å². The van der Waals surface area contributed by atoms with E-state index in [9.17, 15) is 9.59 Å². The zero-order valence-electron chi connectivity index (χ0n) is 14.2. The van der Waals surface area contributed by atoms with Crippen LogP contribution in [0.25, 0.3) is 0 Å². The van der Waals surface area contributed by atoms with Crippen molar-refractivity contribution in [2.24, 2.45) is 5.92 Å². The van der Waals surface area contributed by atoms with Crippen LogP contribution in [0, 0.1) is 5.92 Å². The first-order valence-corrected chi connectivity index (χ1v) is 9.38. The van der Waals surface area contributed by atoms with Crippen molar-refractivity contribution in [3.8, 4) is 0 Å². The maximum absolute atomic E-state index is 12.3. The SMILES string of the molecule is CCCCC[C@H](CC(=O)OCC(Cl)(Cl)Cl)C(=O)OCc1ccccc1. The standard InChI is InChI=1S/C18H23Cl3O4/c1-2-3-5-10-15(11-16(22)25-13-18(19,20)21)17(23)24-12-14-8-6-4-7-9-14/h4,6-9,15H,2-3,5,10-13H2,1H3/t15-/m1/s1. The van der Waals surface area contributed by atoms with Gasteiger partial charge < -0.3 is 9.47 Å². The lowest BCUT2D eigenvalue weighted by Crippen LogP contribution is -2.24. The second kappa shape index (κ2) is 11.6. The first-order valence-electron chi connectivity index (χ1n) is 8.24. The van der Waals surface area contributed by atoms with Crippen molar-refractivity contribution in [1.29, 1.82) is 0 Å². The predicted octanol–water partition coefficient (Wildman–Crippen LogP) is 5.23. The fourth-order valence-corrected chi connectivity index (χ4v) is 2.38. The van der Waals surface area contributed by atoms with Crippen molar-refractivity contribution < 1.29 is 19.1 Å². The van der Waals surface area contributed by atoms with Crippen molar-refractivity contribution in [1.82, 2.24) is 0 Å². The quantitative estimate of drug-likeness (QED) is 0.302. The Morgan fingerprint density at radius 3 is 2.36 bits per heavy atom. The van der Waals surface area contributed by atoms with E-state index < -0.39 is 21.6 Å². The lowest BCUT2D eigenvalue weighted by atomic mass is 9.98. The Hall–Kier alpha value is -0.970. The molecule has 140 valence electrons. The summed E-state index contributed by atoms with van der Waals surface area (Å²) in [6.45, 7) is 1.89. The summed E-state index contributed by atoms with van der Waals surface area (Å²) in [6.07, 6.45) is 3.30. The Balaban J connectivity index is 2.55. The van der Waals surface area contributed by atoms with Gasteiger partial charge in [-0.3, -0.25) is 9.59 Å². The van der Waals surface area contributed by atoms with Crippen LogP contribution in [0.15, 0.2) is 30.3 Å². The molecule has 0 amide bonds. The first-order chi connectivity index (χ1) is 11.8. The molecule has 1 aromatic rings. The third kappa shape index (κ3) is 10.6. The van der Waals surface area contributed by atoms with E-state index in [-0.39, 0.29) is 19.6 Å². The lowest BCUT2D eigenvalue weighted by Gasteiger charge is -2.17. The predicted molar refractivity (Wildman–Crippen MR) is 99.7 cm³/mol. The Bertz CT molecular complexity index is 529. The van der Waals surface area contributed by atoms with E-state index in [1.54, 1.807) is 0 Å². The van der Waals surface area contributed by atoms with Gasteiger partial charge in [0, 0.05) is 0 Å². The number of carbonyl (C=O) groups is 2. The number of esters is 2. The second-order valence-electron chi connectivity index (χ2n) is 5.77. The van der Waals surface area contributed by atoms with Crippen LogP contribution < -0.4 is 0 Å². The van der Waals surface area contributed by atoms with E-state index in [1.165, 1.54) is 0 Å². The van der Waals surface area contributed by atoms with Crippen molar-refractivity contribution in [3.63, 3.8) is 0 Å². The van der Waals surface area contributed by atoms with Gasteiger partial charge in [-0.1, -0.05) is 91.3 Å². The van der Waals surface area contributed by atoms with Gasteiger partial charge in [-0.05, 0) is 12.0 Å². The maximum Gasteiger partial charge on any atom is 0.309 e. The summed E-state index contributed by atoms with van der Waals surface area (Å²) in [6, 6.07) is 9.37. The van der Waals surface area contributed by atoms with E-state index in [0.717, 1.165) is 24.8 Å². The molecular formula is C18H23Cl3O4. The van der Waals surface area contributed by atoms with Crippen molar-refractivity contribution in [2.45, 2.75) is 49.4 Å². The monoisotopic (exact) mass is 408 g/mol. The summed E-state index contributed by atoms with van der Waals surface area (Å²) < 4.78 is 8.59. The van der Waals surface area contributed by atoms with Crippen molar-refractivity contribution in [3.05, 3.63) is 35.9 Å². The highest BCUT2D eigenvalue weighted by Crippen LogP contribution is 2.26. The molecule has 0 heterocycles. The molecule has 0 bridgehead atoms. The Morgan fingerprint density at radius 2 is 1.76 bits per heavy atom. The van der Waals surface area contributed by atoms with Crippen LogP contribution in [0.4, 0.5) is 0 Å². The fourth-order valence-electron chi connectivity index (χ4n) is 2.21. The molecule has 0 aliphatic carbocycles. The number of benzene rings is 1. The Kier molecular flexibility index (Phi) is 10.2. The average Bonchev–Trinajstić information content (AvgIpc) is 2.57. The third-order valence-corrected chi connectivity index (χ3v) is 3.85. The minimum absolute atomic E-state index is 0.0852. The molecule has 1 atom stereocenters. The maximum atomic E-state index is 12.3. The average molecular weight is 410 g/mol. The molecule has 7 heteroatoms. The van der Waals surface area contributed by atoms with E-state index in [1.807, 2.05) is 30.3 Å². The summed E-state index contributed by atoms with van der Waals surface area (Å²) in [4.78, 5) is 24.2. The topological polar surface area (TPSA) is 52.6 Å². The smallest absolute Gasteiger partial charge is 0.309 e. The molecule has 0 aromatic heterocycles. The molecule has 25 heavy (non-hydrogen) atoms. The minimum atomic E-state index is -1.67. The van der Waals surface area contributed by atoms with Gasteiger partial charge in [0.05, 0.1) is 12.3 Å². The zero-order valence-corrected chi connectivity index (χ0v) is 16.4. The van der Waals surface area contributed by atoms with Gasteiger partial charge in [0.25, 0.3) is 0 Å². The van der Waals surface area contributed by atoms with Crippen LogP contribution >= 0.6 is 34.8 Å². The molecule has 0 N–H and O–H groups in total. The lowest BCUT2D eigenvalue weighted by molar-refractivity contribution is -0.156. The molecule has 4 nitrogen and oxygen atoms in total. The normalized spacial score (nSPS) is 12.5. The number of carbonyl (C=O) groups excluding carboxylic acids is 2. The molecule has 0 radical (unpaired) electrons. The molecule has 0 spiro atoms. The number of unbranched alkanes of at least 4 members (excludes halogenated alkanes) is 2. The summed E-state index contributed by atoms with van der Waals surface area (Å²) >= 11 is 16.7. The number of ether oxygens (including phenoxy) is 2. The molecule has 1 aromatic carbocycles. The summed E-state index contributed by atoms with van der Waals surface area (Å²) in [5.41, 5.74) is 0.891. The van der Waals surface area contributed by atoms with Gasteiger partial charge in [-0.2, -0.15) is 0 Å². The van der Waals surface area contributed by atoms with E-state index in [0.29, 0.717) is 6.42 Å². The highest BCUT2D eigenvalue weighted by Gasteiger charge is 2.27. The van der Waals surface area contributed by atoms with Crippen molar-refractivity contribution in [2.75, 3.05) is 6.61 Å².